The Morgan fingerprint density at radius 3 is 2.52 bits per heavy atom. The van der Waals surface area contributed by atoms with E-state index in [0.29, 0.717) is 29.6 Å². The van der Waals surface area contributed by atoms with Crippen LogP contribution >= 0.6 is 11.6 Å². The molecule has 1 fully saturated rings. The zero-order chi connectivity index (χ0) is 23.2. The average Bonchev–Trinajstić information content (AvgIpc) is 3.24. The number of ether oxygens (including phenoxy) is 1. The van der Waals surface area contributed by atoms with Crippen molar-refractivity contribution in [2.24, 2.45) is 5.92 Å². The molecule has 1 aliphatic heterocycles. The highest BCUT2D eigenvalue weighted by Gasteiger charge is 2.35. The highest BCUT2D eigenvalue weighted by Crippen LogP contribution is 2.26. The maximum Gasteiger partial charge on any atom is 0.243 e. The van der Waals surface area contributed by atoms with Gasteiger partial charge in [-0.1, -0.05) is 48.9 Å². The van der Waals surface area contributed by atoms with Crippen molar-refractivity contribution in [3.8, 4) is 5.75 Å². The number of aryl methyl sites for hydroxylation is 1. The molecule has 33 heavy (non-hydrogen) atoms. The van der Waals surface area contributed by atoms with Gasteiger partial charge in [0.2, 0.25) is 11.8 Å². The first-order valence-corrected chi connectivity index (χ1v) is 11.3. The summed E-state index contributed by atoms with van der Waals surface area (Å²) in [6.45, 7) is 2.86. The molecule has 0 aromatic heterocycles. The summed E-state index contributed by atoms with van der Waals surface area (Å²) in [6, 6.07) is 22.7. The van der Waals surface area contributed by atoms with Gasteiger partial charge in [0, 0.05) is 29.7 Å². The summed E-state index contributed by atoms with van der Waals surface area (Å²) in [5.74, 6) is -0.0114. The Morgan fingerprint density at radius 1 is 1.06 bits per heavy atom. The monoisotopic (exact) mass is 463 g/mol. The second-order valence-corrected chi connectivity index (χ2v) is 8.42. The largest absolute Gasteiger partial charge is 0.489 e. The highest BCUT2D eigenvalue weighted by molar-refractivity contribution is 6.30. The Balaban J connectivity index is 1.30. The van der Waals surface area contributed by atoms with Crippen LogP contribution in [0.2, 0.25) is 5.02 Å². The molecule has 4 rings (SSSR count). The standard InChI is InChI=1S/C26H26ClN3O3/c1-2-18-8-12-23(13-9-18)30-16-20(14-25(30)31)26(32)29-28-22-4-3-5-24(15-22)33-17-19-6-10-21(27)11-7-19/h3-13,15,20,28H,2,14,16-17H2,1H3,(H,29,32)/t20-/m1/s1. The maximum absolute atomic E-state index is 12.7. The molecule has 170 valence electrons. The molecule has 0 aliphatic carbocycles. The quantitative estimate of drug-likeness (QED) is 0.462. The molecule has 7 heteroatoms. The van der Waals surface area contributed by atoms with Crippen molar-refractivity contribution in [2.45, 2.75) is 26.4 Å². The molecule has 2 amide bonds. The molecule has 6 nitrogen and oxygen atoms in total. The first-order valence-electron chi connectivity index (χ1n) is 10.9. The smallest absolute Gasteiger partial charge is 0.243 e. The zero-order valence-corrected chi connectivity index (χ0v) is 19.1. The number of carbonyl (C=O) groups excluding carboxylic acids is 2. The average molecular weight is 464 g/mol. The molecule has 3 aromatic rings. The molecule has 2 N–H and O–H groups in total. The summed E-state index contributed by atoms with van der Waals surface area (Å²) in [6.07, 6.45) is 1.13. The Bertz CT molecular complexity index is 1120. The summed E-state index contributed by atoms with van der Waals surface area (Å²) in [4.78, 5) is 26.8. The molecule has 0 unspecified atom stereocenters. The summed E-state index contributed by atoms with van der Waals surface area (Å²) >= 11 is 5.91. The molecular formula is C26H26ClN3O3. The van der Waals surface area contributed by atoms with E-state index in [0.717, 1.165) is 17.7 Å². The summed E-state index contributed by atoms with van der Waals surface area (Å²) in [5.41, 5.74) is 9.38. The third kappa shape index (κ3) is 5.84. The Hall–Kier alpha value is -3.51. The number of nitrogens with one attached hydrogen (secondary N) is 2. The minimum atomic E-state index is -0.416. The van der Waals surface area contributed by atoms with Crippen LogP contribution in [0.3, 0.4) is 0 Å². The molecule has 0 spiro atoms. The number of nitrogens with zero attached hydrogens (tertiary/aromatic N) is 1. The van der Waals surface area contributed by atoms with E-state index >= 15 is 0 Å². The number of amides is 2. The van der Waals surface area contributed by atoms with Gasteiger partial charge in [0.05, 0.1) is 11.6 Å². The second kappa shape index (κ2) is 10.4. The van der Waals surface area contributed by atoms with Gasteiger partial charge in [-0.15, -0.1) is 0 Å². The fourth-order valence-corrected chi connectivity index (χ4v) is 3.82. The van der Waals surface area contributed by atoms with Crippen LogP contribution in [-0.4, -0.2) is 18.4 Å². The predicted molar refractivity (Wildman–Crippen MR) is 130 cm³/mol. The number of hydrogen-bond donors (Lipinski definition) is 2. The number of halogens is 1. The van der Waals surface area contributed by atoms with E-state index in [2.05, 4.69) is 17.8 Å². The molecular weight excluding hydrogens is 438 g/mol. The van der Waals surface area contributed by atoms with Crippen molar-refractivity contribution in [2.75, 3.05) is 16.9 Å². The minimum absolute atomic E-state index is 0.0444. The third-order valence-corrected chi connectivity index (χ3v) is 5.89. The molecule has 1 heterocycles. The van der Waals surface area contributed by atoms with E-state index < -0.39 is 5.92 Å². The van der Waals surface area contributed by atoms with Gasteiger partial charge in [-0.25, -0.2) is 0 Å². The van der Waals surface area contributed by atoms with Gasteiger partial charge >= 0.3 is 0 Å². The van der Waals surface area contributed by atoms with Gasteiger partial charge in [0.25, 0.3) is 0 Å². The molecule has 3 aromatic carbocycles. The molecule has 0 saturated carbocycles. The molecule has 0 radical (unpaired) electrons. The van der Waals surface area contributed by atoms with Crippen LogP contribution in [-0.2, 0) is 22.6 Å². The van der Waals surface area contributed by atoms with Crippen molar-refractivity contribution in [3.63, 3.8) is 0 Å². The van der Waals surface area contributed by atoms with Crippen molar-refractivity contribution < 1.29 is 14.3 Å². The first-order chi connectivity index (χ1) is 16.0. The number of hydrazine groups is 1. The Morgan fingerprint density at radius 2 is 1.79 bits per heavy atom. The van der Waals surface area contributed by atoms with Gasteiger partial charge in [0.15, 0.2) is 0 Å². The van der Waals surface area contributed by atoms with Gasteiger partial charge in [-0.2, -0.15) is 0 Å². The summed E-state index contributed by atoms with van der Waals surface area (Å²) < 4.78 is 5.83. The van der Waals surface area contributed by atoms with Crippen LogP contribution in [0.4, 0.5) is 11.4 Å². The number of rotatable bonds is 8. The van der Waals surface area contributed by atoms with Crippen LogP contribution in [0.25, 0.3) is 0 Å². The molecule has 1 saturated heterocycles. The normalized spacial score (nSPS) is 15.4. The van der Waals surface area contributed by atoms with Crippen molar-refractivity contribution in [1.29, 1.82) is 0 Å². The van der Waals surface area contributed by atoms with Crippen molar-refractivity contribution in [1.82, 2.24) is 5.43 Å². The SMILES string of the molecule is CCc1ccc(N2C[C@H](C(=O)NNc3cccc(OCc4ccc(Cl)cc4)c3)CC2=O)cc1. The number of benzene rings is 3. The van der Waals surface area contributed by atoms with Gasteiger partial charge in [0.1, 0.15) is 12.4 Å². The number of anilines is 2. The number of carbonyl (C=O) groups is 2. The van der Waals surface area contributed by atoms with Gasteiger partial charge < -0.3 is 9.64 Å². The lowest BCUT2D eigenvalue weighted by Crippen LogP contribution is -2.36. The van der Waals surface area contributed by atoms with E-state index in [1.165, 1.54) is 5.56 Å². The summed E-state index contributed by atoms with van der Waals surface area (Å²) in [5, 5.41) is 0.683. The predicted octanol–water partition coefficient (Wildman–Crippen LogP) is 4.98. The molecule has 1 aliphatic rings. The van der Waals surface area contributed by atoms with Crippen molar-refractivity contribution >= 4 is 34.8 Å². The van der Waals surface area contributed by atoms with E-state index in [9.17, 15) is 9.59 Å². The Labute approximate surface area is 198 Å². The Kier molecular flexibility index (Phi) is 7.15. The fraction of sp³-hybridized carbons (Fsp3) is 0.231. The lowest BCUT2D eigenvalue weighted by atomic mass is 10.1. The first kappa shape index (κ1) is 22.7. The van der Waals surface area contributed by atoms with E-state index in [1.54, 1.807) is 11.0 Å². The van der Waals surface area contributed by atoms with Crippen LogP contribution in [0.15, 0.2) is 72.8 Å². The van der Waals surface area contributed by atoms with Crippen LogP contribution in [0, 0.1) is 5.92 Å². The van der Waals surface area contributed by atoms with Gasteiger partial charge in [-0.05, 0) is 53.9 Å². The van der Waals surface area contributed by atoms with Crippen LogP contribution in [0.5, 0.6) is 5.75 Å². The van der Waals surface area contributed by atoms with E-state index in [4.69, 9.17) is 16.3 Å². The third-order valence-electron chi connectivity index (χ3n) is 5.63. The lowest BCUT2D eigenvalue weighted by molar-refractivity contribution is -0.125. The topological polar surface area (TPSA) is 70.7 Å². The second-order valence-electron chi connectivity index (χ2n) is 7.98. The van der Waals surface area contributed by atoms with Gasteiger partial charge in [-0.3, -0.25) is 20.4 Å². The zero-order valence-electron chi connectivity index (χ0n) is 18.4. The van der Waals surface area contributed by atoms with Crippen LogP contribution < -0.4 is 20.5 Å². The summed E-state index contributed by atoms with van der Waals surface area (Å²) in [7, 11) is 0. The molecule has 1 atom stereocenters. The van der Waals surface area contributed by atoms with Crippen molar-refractivity contribution in [3.05, 3.63) is 88.9 Å². The van der Waals surface area contributed by atoms with E-state index in [-0.39, 0.29) is 18.2 Å². The van der Waals surface area contributed by atoms with E-state index in [1.807, 2.05) is 66.7 Å². The fourth-order valence-electron chi connectivity index (χ4n) is 3.69. The molecule has 0 bridgehead atoms. The lowest BCUT2D eigenvalue weighted by Gasteiger charge is -2.17. The van der Waals surface area contributed by atoms with Crippen LogP contribution in [0.1, 0.15) is 24.5 Å². The maximum atomic E-state index is 12.7. The minimum Gasteiger partial charge on any atom is -0.489 e. The number of hydrogen-bond acceptors (Lipinski definition) is 4. The highest BCUT2D eigenvalue weighted by atomic mass is 35.5.